The molecule has 1 aromatic carbocycles. The highest BCUT2D eigenvalue weighted by molar-refractivity contribution is 7.80. The van der Waals surface area contributed by atoms with E-state index in [1.54, 1.807) is 11.1 Å². The van der Waals surface area contributed by atoms with Crippen molar-refractivity contribution in [2.24, 2.45) is 0 Å². The van der Waals surface area contributed by atoms with Gasteiger partial charge in [0, 0.05) is 6.20 Å². The molecule has 3 rings (SSSR count). The minimum Gasteiger partial charge on any atom is -0.459 e. The van der Waals surface area contributed by atoms with E-state index in [0.29, 0.717) is 18.4 Å². The van der Waals surface area contributed by atoms with Crippen LogP contribution in [0.3, 0.4) is 0 Å². The Hall–Kier alpha value is -1.08. The molecule has 2 heterocycles. The lowest BCUT2D eigenvalue weighted by Gasteiger charge is -2.41. The summed E-state index contributed by atoms with van der Waals surface area (Å²) in [6.45, 7) is 27.6. The number of rotatable bonds is 10. The van der Waals surface area contributed by atoms with Gasteiger partial charge in [-0.05, 0) is 54.0 Å². The molecule has 2 aliphatic heterocycles. The molecule has 2 fully saturated rings. The summed E-state index contributed by atoms with van der Waals surface area (Å²) in [6, 6.07) is 10.1. The fourth-order valence-electron chi connectivity index (χ4n) is 4.12. The molecule has 6 nitrogen and oxygen atoms in total. The summed E-state index contributed by atoms with van der Waals surface area (Å²) in [5.41, 5.74) is 0.120. The van der Waals surface area contributed by atoms with Gasteiger partial charge in [-0.25, -0.2) is 0 Å². The van der Waals surface area contributed by atoms with Gasteiger partial charge < -0.3 is 23.1 Å². The molecule has 0 aliphatic carbocycles. The summed E-state index contributed by atoms with van der Waals surface area (Å²) in [5.74, 6) is 0. The van der Waals surface area contributed by atoms with Crippen molar-refractivity contribution in [2.45, 2.75) is 108 Å². The first kappa shape index (κ1) is 30.5. The molecule has 208 valence electrons. The Labute approximate surface area is 231 Å². The zero-order valence-corrected chi connectivity index (χ0v) is 27.2. The molecule has 0 amide bonds. The highest BCUT2D eigenvalue weighted by atomic mass is 32.1. The molecular weight excluding hydrogens is 519 g/mol. The van der Waals surface area contributed by atoms with Crippen LogP contribution in [0.5, 0.6) is 0 Å². The lowest BCUT2D eigenvalue weighted by molar-refractivity contribution is -0.157. The summed E-state index contributed by atoms with van der Waals surface area (Å²) in [5, 5.41) is 0.430. The third-order valence-corrected chi connectivity index (χ3v) is 17.8. The van der Waals surface area contributed by atoms with Gasteiger partial charge >= 0.3 is 0 Å². The van der Waals surface area contributed by atoms with Crippen LogP contribution in [0.2, 0.25) is 36.3 Å². The van der Waals surface area contributed by atoms with Gasteiger partial charge in [-0.2, -0.15) is 0 Å². The summed E-state index contributed by atoms with van der Waals surface area (Å²) < 4.78 is 33.1. The van der Waals surface area contributed by atoms with Gasteiger partial charge in [0.25, 0.3) is 5.17 Å². The number of ether oxygens (including phenoxy) is 3. The average Bonchev–Trinajstić information content (AvgIpc) is 3.20. The van der Waals surface area contributed by atoms with E-state index in [0.717, 1.165) is 5.56 Å². The van der Waals surface area contributed by atoms with Crippen molar-refractivity contribution < 1.29 is 23.1 Å². The van der Waals surface area contributed by atoms with E-state index < -0.39 is 28.5 Å². The van der Waals surface area contributed by atoms with E-state index in [1.165, 1.54) is 0 Å². The van der Waals surface area contributed by atoms with Gasteiger partial charge in [-0.3, -0.25) is 4.90 Å². The summed E-state index contributed by atoms with van der Waals surface area (Å²) in [6.07, 6.45) is 0.526. The Bertz CT molecular complexity index is 960. The van der Waals surface area contributed by atoms with Crippen LogP contribution in [0.15, 0.2) is 43.1 Å². The molecule has 0 bridgehead atoms. The lowest BCUT2D eigenvalue weighted by atomic mass is 10.0. The molecule has 0 aromatic heterocycles. The van der Waals surface area contributed by atoms with E-state index in [2.05, 4.69) is 74.3 Å². The van der Waals surface area contributed by atoms with Crippen LogP contribution >= 0.6 is 12.2 Å². The molecule has 2 aliphatic rings. The van der Waals surface area contributed by atoms with E-state index in [4.69, 9.17) is 35.3 Å². The van der Waals surface area contributed by atoms with Gasteiger partial charge in [0.1, 0.15) is 12.2 Å². The molecule has 4 atom stereocenters. The van der Waals surface area contributed by atoms with Crippen LogP contribution in [0.4, 0.5) is 0 Å². The van der Waals surface area contributed by atoms with Gasteiger partial charge in [0.2, 0.25) is 5.72 Å². The second kappa shape index (κ2) is 10.8. The maximum absolute atomic E-state index is 7.02. The van der Waals surface area contributed by atoms with Crippen molar-refractivity contribution in [3.63, 3.8) is 0 Å². The van der Waals surface area contributed by atoms with Crippen LogP contribution in [0, 0.1) is 0 Å². The highest BCUT2D eigenvalue weighted by Crippen LogP contribution is 2.48. The topological polar surface area (TPSA) is 49.4 Å². The largest absolute Gasteiger partial charge is 0.459 e. The summed E-state index contributed by atoms with van der Waals surface area (Å²) in [4.78, 5) is 1.80. The Morgan fingerprint density at radius 2 is 1.62 bits per heavy atom. The van der Waals surface area contributed by atoms with E-state index in [-0.39, 0.29) is 28.9 Å². The van der Waals surface area contributed by atoms with Crippen LogP contribution < -0.4 is 0 Å². The smallest absolute Gasteiger partial charge is 0.266 e. The van der Waals surface area contributed by atoms with Gasteiger partial charge in [0.05, 0.1) is 19.8 Å². The molecular formula is C28H47NO5SSi2. The van der Waals surface area contributed by atoms with Crippen LogP contribution in [0.1, 0.15) is 47.1 Å². The molecule has 1 aromatic rings. The molecule has 0 saturated carbocycles. The van der Waals surface area contributed by atoms with Gasteiger partial charge in [0.15, 0.2) is 22.7 Å². The standard InChI is InChI=1S/C28H47NO5SSi2/c1-12-29-25(35)32-24-23(34-37(10,11)27(5,6)7)22(19-31-36(8,9)26(2,3)4)33-28(24,29)20-30-18-21-16-14-13-15-17-21/h12-17,22-24H,1,18-20H2,2-11H3/t22-,23+,24-,28+/m0/s1. The first-order chi connectivity index (χ1) is 17.0. The predicted octanol–water partition coefficient (Wildman–Crippen LogP) is 6.84. The van der Waals surface area contributed by atoms with Crippen LogP contribution in [0.25, 0.3) is 0 Å². The van der Waals surface area contributed by atoms with E-state index in [9.17, 15) is 0 Å². The highest BCUT2D eigenvalue weighted by Gasteiger charge is 2.66. The number of thiocarbonyl (C=S) groups is 1. The second-order valence-electron chi connectivity index (χ2n) is 13.3. The number of fused-ring (bicyclic) bond motifs is 1. The number of hydrogen-bond acceptors (Lipinski definition) is 6. The van der Waals surface area contributed by atoms with Crippen molar-refractivity contribution in [3.8, 4) is 0 Å². The zero-order chi connectivity index (χ0) is 27.9. The molecule has 37 heavy (non-hydrogen) atoms. The Morgan fingerprint density at radius 1 is 1.03 bits per heavy atom. The Balaban J connectivity index is 1.93. The number of hydrogen-bond donors (Lipinski definition) is 0. The zero-order valence-electron chi connectivity index (χ0n) is 24.4. The van der Waals surface area contributed by atoms with Crippen molar-refractivity contribution in [3.05, 3.63) is 48.7 Å². The van der Waals surface area contributed by atoms with E-state index >= 15 is 0 Å². The minimum atomic E-state index is -2.19. The SMILES string of the molecule is C=CN1C(=S)O[C@H]2[C@H](O[Si](C)(C)C(C)(C)C)[C@H](CO[Si](C)(C)C(C)(C)C)O[C@]21COCc1ccccc1. The Kier molecular flexibility index (Phi) is 8.92. The lowest BCUT2D eigenvalue weighted by Crippen LogP contribution is -2.54. The normalized spacial score (nSPS) is 26.8. The fourth-order valence-corrected chi connectivity index (χ4v) is 6.77. The molecule has 2 saturated heterocycles. The fraction of sp³-hybridized carbons (Fsp3) is 0.679. The minimum absolute atomic E-state index is 0.0180. The molecule has 0 radical (unpaired) electrons. The average molecular weight is 566 g/mol. The molecule has 0 spiro atoms. The third-order valence-electron chi connectivity index (χ3n) is 8.55. The van der Waals surface area contributed by atoms with E-state index in [1.807, 2.05) is 30.3 Å². The van der Waals surface area contributed by atoms with Crippen LogP contribution in [-0.2, 0) is 29.7 Å². The number of benzene rings is 1. The molecule has 0 unspecified atom stereocenters. The monoisotopic (exact) mass is 565 g/mol. The second-order valence-corrected chi connectivity index (χ2v) is 23.2. The van der Waals surface area contributed by atoms with Crippen molar-refractivity contribution in [2.75, 3.05) is 13.2 Å². The van der Waals surface area contributed by atoms with Crippen molar-refractivity contribution >= 4 is 34.0 Å². The van der Waals surface area contributed by atoms with Crippen LogP contribution in [-0.4, -0.2) is 64.0 Å². The van der Waals surface area contributed by atoms with Gasteiger partial charge in [-0.15, -0.1) is 0 Å². The first-order valence-electron chi connectivity index (χ1n) is 13.2. The van der Waals surface area contributed by atoms with Crippen molar-refractivity contribution in [1.29, 1.82) is 0 Å². The number of nitrogens with zero attached hydrogens (tertiary/aromatic N) is 1. The first-order valence-corrected chi connectivity index (χ1v) is 19.4. The summed E-state index contributed by atoms with van der Waals surface area (Å²) >= 11 is 5.62. The predicted molar refractivity (Wildman–Crippen MR) is 158 cm³/mol. The van der Waals surface area contributed by atoms with Gasteiger partial charge in [-0.1, -0.05) is 78.5 Å². The third kappa shape index (κ3) is 6.23. The maximum atomic E-state index is 7.02. The maximum Gasteiger partial charge on any atom is 0.266 e. The molecule has 9 heteroatoms. The van der Waals surface area contributed by atoms with Crippen molar-refractivity contribution in [1.82, 2.24) is 4.90 Å². The summed E-state index contributed by atoms with van der Waals surface area (Å²) in [7, 11) is -4.21. The molecule has 0 N–H and O–H groups in total. The Morgan fingerprint density at radius 3 is 2.16 bits per heavy atom. The quantitative estimate of drug-likeness (QED) is 0.227.